The van der Waals surface area contributed by atoms with E-state index in [-0.39, 0.29) is 17.4 Å². The van der Waals surface area contributed by atoms with Gasteiger partial charge in [0.1, 0.15) is 11.5 Å². The van der Waals surface area contributed by atoms with Crippen LogP contribution in [0, 0.1) is 30.1 Å². The van der Waals surface area contributed by atoms with Gasteiger partial charge >= 0.3 is 0 Å². The summed E-state index contributed by atoms with van der Waals surface area (Å²) >= 11 is 0. The highest BCUT2D eigenvalue weighted by molar-refractivity contribution is 5.80. The number of aryl methyl sites for hydroxylation is 1. The van der Waals surface area contributed by atoms with Crippen molar-refractivity contribution in [2.24, 2.45) is 23.2 Å². The summed E-state index contributed by atoms with van der Waals surface area (Å²) in [7, 11) is 0. The second-order valence-corrected chi connectivity index (χ2v) is 8.62. The molecule has 0 unspecified atom stereocenters. The number of furan rings is 1. The summed E-state index contributed by atoms with van der Waals surface area (Å²) in [6, 6.07) is 2.25. The van der Waals surface area contributed by atoms with E-state index in [1.807, 2.05) is 6.92 Å². The van der Waals surface area contributed by atoms with Gasteiger partial charge in [0.25, 0.3) is 0 Å². The van der Waals surface area contributed by atoms with Crippen LogP contribution in [0.2, 0.25) is 0 Å². The van der Waals surface area contributed by atoms with E-state index in [9.17, 15) is 4.79 Å². The van der Waals surface area contributed by atoms with Crippen LogP contribution in [0.3, 0.4) is 0 Å². The molecule has 2 bridgehead atoms. The largest absolute Gasteiger partial charge is 0.466 e. The maximum atomic E-state index is 12.8. The van der Waals surface area contributed by atoms with Crippen LogP contribution in [0.25, 0.3) is 0 Å². The maximum Gasteiger partial charge on any atom is 0.223 e. The maximum absolute atomic E-state index is 12.8. The van der Waals surface area contributed by atoms with Gasteiger partial charge in [0, 0.05) is 17.9 Å². The highest BCUT2D eigenvalue weighted by atomic mass is 16.3. The van der Waals surface area contributed by atoms with Crippen LogP contribution in [0.5, 0.6) is 0 Å². The molecule has 1 heterocycles. The lowest BCUT2D eigenvalue weighted by Gasteiger charge is -2.35. The molecule has 3 nitrogen and oxygen atoms in total. The zero-order valence-electron chi connectivity index (χ0n) is 13.9. The van der Waals surface area contributed by atoms with Crippen molar-refractivity contribution in [3.05, 3.63) is 23.2 Å². The lowest BCUT2D eigenvalue weighted by molar-refractivity contribution is -0.127. The fourth-order valence-electron chi connectivity index (χ4n) is 5.16. The van der Waals surface area contributed by atoms with Gasteiger partial charge in [0.2, 0.25) is 5.91 Å². The lowest BCUT2D eigenvalue weighted by atomic mass is 9.74. The highest BCUT2D eigenvalue weighted by Gasteiger charge is 2.44. The quantitative estimate of drug-likeness (QED) is 0.891. The Morgan fingerprint density at radius 1 is 1.32 bits per heavy atom. The van der Waals surface area contributed by atoms with Crippen molar-refractivity contribution in [1.82, 2.24) is 5.32 Å². The minimum Gasteiger partial charge on any atom is -0.466 e. The smallest absolute Gasteiger partial charge is 0.223 e. The predicted octanol–water partition coefficient (Wildman–Crippen LogP) is 4.15. The van der Waals surface area contributed by atoms with Crippen molar-refractivity contribution in [2.75, 3.05) is 0 Å². The van der Waals surface area contributed by atoms with E-state index in [0.717, 1.165) is 36.7 Å². The molecule has 0 saturated heterocycles. The van der Waals surface area contributed by atoms with Crippen molar-refractivity contribution in [1.29, 1.82) is 0 Å². The minimum atomic E-state index is 0.128. The van der Waals surface area contributed by atoms with Crippen molar-refractivity contribution in [3.8, 4) is 0 Å². The van der Waals surface area contributed by atoms with E-state index in [4.69, 9.17) is 4.42 Å². The monoisotopic (exact) mass is 301 g/mol. The number of hydrogen-bond donors (Lipinski definition) is 1. The van der Waals surface area contributed by atoms with Gasteiger partial charge in [-0.1, -0.05) is 20.3 Å². The lowest BCUT2D eigenvalue weighted by Crippen LogP contribution is -2.40. The molecule has 0 spiro atoms. The van der Waals surface area contributed by atoms with E-state index in [2.05, 4.69) is 25.2 Å². The van der Waals surface area contributed by atoms with Gasteiger partial charge in [-0.05, 0) is 55.9 Å². The van der Waals surface area contributed by atoms with E-state index in [1.165, 1.54) is 24.8 Å². The molecular weight excluding hydrogens is 274 g/mol. The van der Waals surface area contributed by atoms with E-state index >= 15 is 0 Å². The minimum absolute atomic E-state index is 0.128. The van der Waals surface area contributed by atoms with Crippen molar-refractivity contribution >= 4 is 5.91 Å². The first kappa shape index (κ1) is 14.3. The third-order valence-electron chi connectivity index (χ3n) is 6.13. The average Bonchev–Trinajstić information content (AvgIpc) is 3.11. The Morgan fingerprint density at radius 2 is 2.14 bits per heavy atom. The SMILES string of the molecule is Cc1cc2c(o1)CC(C)(C)C[C@H]2NC(=O)[C@H]1C[C@H]2CC[C@H]1C2. The van der Waals surface area contributed by atoms with Crippen LogP contribution in [-0.4, -0.2) is 5.91 Å². The Labute approximate surface area is 132 Å². The Hall–Kier alpha value is -1.25. The van der Waals surface area contributed by atoms with Crippen LogP contribution in [0.15, 0.2) is 10.5 Å². The molecule has 3 heteroatoms. The number of amides is 1. The van der Waals surface area contributed by atoms with Crippen molar-refractivity contribution < 1.29 is 9.21 Å². The molecule has 4 rings (SSSR count). The van der Waals surface area contributed by atoms with Crippen LogP contribution >= 0.6 is 0 Å². The normalized spacial score (nSPS) is 35.4. The third kappa shape index (κ3) is 2.39. The molecule has 1 aromatic rings. The number of rotatable bonds is 2. The average molecular weight is 301 g/mol. The Balaban J connectivity index is 1.53. The van der Waals surface area contributed by atoms with Gasteiger partial charge in [-0.2, -0.15) is 0 Å². The molecule has 2 fully saturated rings. The van der Waals surface area contributed by atoms with E-state index < -0.39 is 0 Å². The zero-order valence-corrected chi connectivity index (χ0v) is 13.9. The second kappa shape index (κ2) is 4.87. The van der Waals surface area contributed by atoms with Gasteiger partial charge in [0.15, 0.2) is 0 Å². The van der Waals surface area contributed by atoms with Gasteiger partial charge < -0.3 is 9.73 Å². The van der Waals surface area contributed by atoms with Gasteiger partial charge in [-0.15, -0.1) is 0 Å². The Kier molecular flexibility index (Phi) is 3.18. The summed E-state index contributed by atoms with van der Waals surface area (Å²) in [5.41, 5.74) is 1.40. The molecule has 120 valence electrons. The number of fused-ring (bicyclic) bond motifs is 3. The number of hydrogen-bond acceptors (Lipinski definition) is 2. The topological polar surface area (TPSA) is 42.2 Å². The van der Waals surface area contributed by atoms with Gasteiger partial charge in [0.05, 0.1) is 6.04 Å². The molecule has 0 radical (unpaired) electrons. The second-order valence-electron chi connectivity index (χ2n) is 8.62. The van der Waals surface area contributed by atoms with Crippen LogP contribution < -0.4 is 5.32 Å². The Morgan fingerprint density at radius 3 is 2.82 bits per heavy atom. The van der Waals surface area contributed by atoms with Crippen LogP contribution in [-0.2, 0) is 11.2 Å². The van der Waals surface area contributed by atoms with Gasteiger partial charge in [-0.25, -0.2) is 0 Å². The van der Waals surface area contributed by atoms with E-state index in [1.54, 1.807) is 0 Å². The molecule has 0 aliphatic heterocycles. The molecule has 2 saturated carbocycles. The number of carbonyl (C=O) groups excluding carboxylic acids is 1. The fourth-order valence-corrected chi connectivity index (χ4v) is 5.16. The summed E-state index contributed by atoms with van der Waals surface area (Å²) in [6.07, 6.45) is 6.97. The molecule has 4 atom stereocenters. The molecule has 3 aliphatic carbocycles. The molecule has 0 aromatic carbocycles. The molecule has 1 amide bonds. The summed E-state index contributed by atoms with van der Waals surface area (Å²) in [5, 5.41) is 3.37. The molecule has 22 heavy (non-hydrogen) atoms. The van der Waals surface area contributed by atoms with Crippen LogP contribution in [0.1, 0.15) is 69.1 Å². The van der Waals surface area contributed by atoms with Crippen molar-refractivity contribution in [3.63, 3.8) is 0 Å². The van der Waals surface area contributed by atoms with Crippen molar-refractivity contribution in [2.45, 2.75) is 65.3 Å². The first-order chi connectivity index (χ1) is 10.4. The van der Waals surface area contributed by atoms with Crippen LogP contribution in [0.4, 0.5) is 0 Å². The third-order valence-corrected chi connectivity index (χ3v) is 6.13. The first-order valence-electron chi connectivity index (χ1n) is 8.81. The fraction of sp³-hybridized carbons (Fsp3) is 0.737. The molecular formula is C19H27NO2. The summed E-state index contributed by atoms with van der Waals surface area (Å²) in [5.74, 6) is 4.05. The zero-order chi connectivity index (χ0) is 15.5. The summed E-state index contributed by atoms with van der Waals surface area (Å²) in [4.78, 5) is 12.8. The molecule has 1 N–H and O–H groups in total. The Bertz CT molecular complexity index is 601. The first-order valence-corrected chi connectivity index (χ1v) is 8.81. The predicted molar refractivity (Wildman–Crippen MR) is 85.4 cm³/mol. The standard InChI is InChI=1S/C19H27NO2/c1-11-6-15-16(9-19(2,3)10-17(15)22-11)20-18(21)14-8-12-4-5-13(14)7-12/h6,12-14,16H,4-5,7-10H2,1-3H3,(H,20,21)/t12-,13-,14-,16+/m0/s1. The van der Waals surface area contributed by atoms with Gasteiger partial charge in [-0.3, -0.25) is 4.79 Å². The molecule has 1 aromatic heterocycles. The number of carbonyl (C=O) groups is 1. The highest BCUT2D eigenvalue weighted by Crippen LogP contribution is 2.49. The summed E-state index contributed by atoms with van der Waals surface area (Å²) < 4.78 is 5.88. The molecule has 3 aliphatic rings. The van der Waals surface area contributed by atoms with E-state index in [0.29, 0.717) is 11.8 Å². The number of nitrogens with one attached hydrogen (secondary N) is 1. The summed E-state index contributed by atoms with van der Waals surface area (Å²) in [6.45, 7) is 6.54.